The number of nitrogens with one attached hydrogen (secondary N) is 1. The molecule has 0 aliphatic carbocycles. The zero-order chi connectivity index (χ0) is 12.3. The molecule has 0 aliphatic rings. The molecule has 0 aliphatic heterocycles. The average Bonchev–Trinajstić information content (AvgIpc) is 2.33. The van der Waals surface area contributed by atoms with E-state index in [-0.39, 0.29) is 0 Å². The molecule has 1 aromatic rings. The normalized spacial score (nSPS) is 10.7. The fraction of sp³-hybridized carbons (Fsp3) is 0.571. The second-order valence-corrected chi connectivity index (χ2v) is 5.09. The highest BCUT2D eigenvalue weighted by molar-refractivity contribution is 7.98. The van der Waals surface area contributed by atoms with Gasteiger partial charge in [-0.15, -0.1) is 0 Å². The van der Waals surface area contributed by atoms with Gasteiger partial charge in [0.15, 0.2) is 0 Å². The van der Waals surface area contributed by atoms with E-state index in [0.29, 0.717) is 0 Å². The summed E-state index contributed by atoms with van der Waals surface area (Å²) < 4.78 is 5.25. The molecule has 0 spiro atoms. The third kappa shape index (κ3) is 7.42. The van der Waals surface area contributed by atoms with Gasteiger partial charge in [-0.3, -0.25) is 0 Å². The van der Waals surface area contributed by atoms with E-state index >= 15 is 0 Å². The maximum atomic E-state index is 5.25. The summed E-state index contributed by atoms with van der Waals surface area (Å²) in [6, 6.07) is 8.73. The molecule has 0 amide bonds. The standard InChI is InChI=1S/C14H23NOS/c1-3-16-9-7-15-8-10-17-12-14-6-4-5-13(2)11-14/h4-6,11,15H,3,7-10,12H2,1-2H3. The van der Waals surface area contributed by atoms with Gasteiger partial charge in [-0.05, 0) is 19.4 Å². The number of aryl methyl sites for hydroxylation is 1. The number of thioether (sulfide) groups is 1. The van der Waals surface area contributed by atoms with Crippen molar-refractivity contribution in [3.63, 3.8) is 0 Å². The van der Waals surface area contributed by atoms with Gasteiger partial charge < -0.3 is 10.1 Å². The molecule has 1 rings (SSSR count). The van der Waals surface area contributed by atoms with E-state index in [1.54, 1.807) is 0 Å². The van der Waals surface area contributed by atoms with E-state index in [9.17, 15) is 0 Å². The maximum Gasteiger partial charge on any atom is 0.0590 e. The van der Waals surface area contributed by atoms with Crippen molar-refractivity contribution in [1.29, 1.82) is 0 Å². The van der Waals surface area contributed by atoms with Crippen LogP contribution in [-0.2, 0) is 10.5 Å². The number of hydrogen-bond donors (Lipinski definition) is 1. The van der Waals surface area contributed by atoms with Crippen LogP contribution in [0.5, 0.6) is 0 Å². The lowest BCUT2D eigenvalue weighted by Gasteiger charge is -2.05. The summed E-state index contributed by atoms with van der Waals surface area (Å²) in [6.07, 6.45) is 0. The van der Waals surface area contributed by atoms with Crippen LogP contribution in [0.4, 0.5) is 0 Å². The molecule has 96 valence electrons. The predicted octanol–water partition coefficient (Wildman–Crippen LogP) is 2.85. The van der Waals surface area contributed by atoms with Crippen LogP contribution in [0.3, 0.4) is 0 Å². The van der Waals surface area contributed by atoms with Crippen LogP contribution in [-0.4, -0.2) is 32.1 Å². The van der Waals surface area contributed by atoms with Gasteiger partial charge >= 0.3 is 0 Å². The first kappa shape index (κ1) is 14.6. The van der Waals surface area contributed by atoms with Crippen LogP contribution < -0.4 is 5.32 Å². The van der Waals surface area contributed by atoms with Crippen molar-refractivity contribution in [3.05, 3.63) is 35.4 Å². The molecule has 1 aromatic carbocycles. The molecule has 0 atom stereocenters. The van der Waals surface area contributed by atoms with Gasteiger partial charge in [-0.2, -0.15) is 11.8 Å². The number of hydrogen-bond acceptors (Lipinski definition) is 3. The number of benzene rings is 1. The minimum Gasteiger partial charge on any atom is -0.380 e. The Balaban J connectivity index is 1.97. The minimum atomic E-state index is 0.809. The Morgan fingerprint density at radius 2 is 2.18 bits per heavy atom. The maximum absolute atomic E-state index is 5.25. The first-order valence-electron chi connectivity index (χ1n) is 6.24. The summed E-state index contributed by atoms with van der Waals surface area (Å²) in [5.41, 5.74) is 2.77. The molecule has 0 radical (unpaired) electrons. The molecular weight excluding hydrogens is 230 g/mol. The van der Waals surface area contributed by atoms with E-state index in [0.717, 1.165) is 37.8 Å². The van der Waals surface area contributed by atoms with Crippen LogP contribution >= 0.6 is 11.8 Å². The van der Waals surface area contributed by atoms with E-state index < -0.39 is 0 Å². The van der Waals surface area contributed by atoms with Crippen LogP contribution in [0.1, 0.15) is 18.1 Å². The van der Waals surface area contributed by atoms with Crippen LogP contribution in [0, 0.1) is 6.92 Å². The monoisotopic (exact) mass is 253 g/mol. The molecule has 17 heavy (non-hydrogen) atoms. The molecular formula is C14H23NOS. The Morgan fingerprint density at radius 1 is 1.29 bits per heavy atom. The van der Waals surface area contributed by atoms with Gasteiger partial charge in [-0.1, -0.05) is 29.8 Å². The largest absolute Gasteiger partial charge is 0.380 e. The van der Waals surface area contributed by atoms with E-state index in [2.05, 4.69) is 36.5 Å². The lowest BCUT2D eigenvalue weighted by molar-refractivity contribution is 0.150. The highest BCUT2D eigenvalue weighted by Gasteiger charge is 1.94. The van der Waals surface area contributed by atoms with Gasteiger partial charge in [0, 0.05) is 31.2 Å². The van der Waals surface area contributed by atoms with Gasteiger partial charge in [-0.25, -0.2) is 0 Å². The van der Waals surface area contributed by atoms with Crippen LogP contribution in [0.25, 0.3) is 0 Å². The van der Waals surface area contributed by atoms with Crippen LogP contribution in [0.2, 0.25) is 0 Å². The average molecular weight is 253 g/mol. The fourth-order valence-corrected chi connectivity index (χ4v) is 2.40. The van der Waals surface area contributed by atoms with Crippen molar-refractivity contribution in [2.75, 3.05) is 32.1 Å². The Hall–Kier alpha value is -0.510. The Labute approximate surface area is 109 Å². The molecule has 2 nitrogen and oxygen atoms in total. The SMILES string of the molecule is CCOCCNCCSCc1cccc(C)c1. The Kier molecular flexibility index (Phi) is 8.14. The van der Waals surface area contributed by atoms with Crippen molar-refractivity contribution in [3.8, 4) is 0 Å². The van der Waals surface area contributed by atoms with E-state index in [4.69, 9.17) is 4.74 Å². The van der Waals surface area contributed by atoms with Crippen molar-refractivity contribution in [2.24, 2.45) is 0 Å². The van der Waals surface area contributed by atoms with Gasteiger partial charge in [0.1, 0.15) is 0 Å². The molecule has 0 aromatic heterocycles. The zero-order valence-corrected chi connectivity index (χ0v) is 11.7. The van der Waals surface area contributed by atoms with Crippen molar-refractivity contribution in [1.82, 2.24) is 5.32 Å². The first-order chi connectivity index (χ1) is 8.33. The summed E-state index contributed by atoms with van der Waals surface area (Å²) in [5.74, 6) is 2.26. The molecule has 0 fully saturated rings. The zero-order valence-electron chi connectivity index (χ0n) is 10.9. The summed E-state index contributed by atoms with van der Waals surface area (Å²) in [7, 11) is 0. The summed E-state index contributed by atoms with van der Waals surface area (Å²) in [4.78, 5) is 0. The molecule has 1 N–H and O–H groups in total. The Bertz CT molecular complexity index is 304. The van der Waals surface area contributed by atoms with Crippen LogP contribution in [0.15, 0.2) is 24.3 Å². The number of ether oxygens (including phenoxy) is 1. The number of rotatable bonds is 9. The third-order valence-corrected chi connectivity index (χ3v) is 3.43. The second kappa shape index (κ2) is 9.51. The predicted molar refractivity (Wildman–Crippen MR) is 76.7 cm³/mol. The highest BCUT2D eigenvalue weighted by Crippen LogP contribution is 2.12. The fourth-order valence-electron chi connectivity index (χ4n) is 1.55. The van der Waals surface area contributed by atoms with Gasteiger partial charge in [0.2, 0.25) is 0 Å². The molecule has 0 saturated heterocycles. The lowest BCUT2D eigenvalue weighted by Crippen LogP contribution is -2.22. The Morgan fingerprint density at radius 3 is 2.94 bits per heavy atom. The topological polar surface area (TPSA) is 21.3 Å². The molecule has 0 unspecified atom stereocenters. The smallest absolute Gasteiger partial charge is 0.0590 e. The van der Waals surface area contributed by atoms with Crippen molar-refractivity contribution in [2.45, 2.75) is 19.6 Å². The molecule has 0 heterocycles. The van der Waals surface area contributed by atoms with Crippen molar-refractivity contribution < 1.29 is 4.74 Å². The molecule has 0 saturated carbocycles. The molecule has 0 bridgehead atoms. The highest BCUT2D eigenvalue weighted by atomic mass is 32.2. The van der Waals surface area contributed by atoms with Crippen molar-refractivity contribution >= 4 is 11.8 Å². The second-order valence-electron chi connectivity index (χ2n) is 3.99. The summed E-state index contributed by atoms with van der Waals surface area (Å²) in [6.45, 7) is 7.81. The minimum absolute atomic E-state index is 0.809. The van der Waals surface area contributed by atoms with Gasteiger partial charge in [0.05, 0.1) is 6.61 Å². The lowest BCUT2D eigenvalue weighted by atomic mass is 10.2. The first-order valence-corrected chi connectivity index (χ1v) is 7.40. The summed E-state index contributed by atoms with van der Waals surface area (Å²) in [5, 5.41) is 3.37. The van der Waals surface area contributed by atoms with E-state index in [1.165, 1.54) is 11.1 Å². The summed E-state index contributed by atoms with van der Waals surface area (Å²) >= 11 is 1.98. The van der Waals surface area contributed by atoms with E-state index in [1.807, 2.05) is 18.7 Å². The van der Waals surface area contributed by atoms with Gasteiger partial charge in [0.25, 0.3) is 0 Å². The molecule has 3 heteroatoms. The quantitative estimate of drug-likeness (QED) is 0.684. The third-order valence-electron chi connectivity index (χ3n) is 2.40.